The molecular formula is C15H12N2O2S2. The van der Waals surface area contributed by atoms with Gasteiger partial charge in [0, 0.05) is 15.8 Å². The molecule has 0 amide bonds. The van der Waals surface area contributed by atoms with Crippen LogP contribution >= 0.6 is 22.7 Å². The van der Waals surface area contributed by atoms with Gasteiger partial charge in [0.25, 0.3) is 5.69 Å². The van der Waals surface area contributed by atoms with Crippen LogP contribution < -0.4 is 5.32 Å². The van der Waals surface area contributed by atoms with Crippen molar-refractivity contribution in [2.24, 2.45) is 0 Å². The van der Waals surface area contributed by atoms with Crippen molar-refractivity contribution in [3.05, 3.63) is 79.2 Å². The van der Waals surface area contributed by atoms with E-state index in [0.29, 0.717) is 5.69 Å². The minimum atomic E-state index is -0.359. The monoisotopic (exact) mass is 316 g/mol. The summed E-state index contributed by atoms with van der Waals surface area (Å²) < 4.78 is 0. The number of nitro benzene ring substituents is 1. The number of anilines is 1. The standard InChI is InChI=1S/C15H12N2O2S2/c18-17(19)12-6-2-1-5-11(12)16-15(13-7-3-9-20-13)14-8-4-10-21-14/h1-10,15-16H. The molecule has 0 saturated heterocycles. The van der Waals surface area contributed by atoms with Crippen LogP contribution in [0.3, 0.4) is 0 Å². The summed E-state index contributed by atoms with van der Waals surface area (Å²) in [5.41, 5.74) is 0.630. The molecule has 6 heteroatoms. The Balaban J connectivity index is 1.98. The number of para-hydroxylation sites is 2. The van der Waals surface area contributed by atoms with Gasteiger partial charge in [-0.2, -0.15) is 0 Å². The lowest BCUT2D eigenvalue weighted by atomic mass is 10.1. The van der Waals surface area contributed by atoms with Crippen LogP contribution in [0.2, 0.25) is 0 Å². The Morgan fingerprint density at radius 1 is 0.952 bits per heavy atom. The van der Waals surface area contributed by atoms with E-state index in [1.165, 1.54) is 6.07 Å². The molecule has 0 bridgehead atoms. The summed E-state index contributed by atoms with van der Waals surface area (Å²) in [4.78, 5) is 13.1. The number of rotatable bonds is 5. The van der Waals surface area contributed by atoms with E-state index in [1.54, 1.807) is 40.9 Å². The van der Waals surface area contributed by atoms with Crippen LogP contribution in [0, 0.1) is 10.1 Å². The first-order valence-corrected chi connectivity index (χ1v) is 8.08. The lowest BCUT2D eigenvalue weighted by Crippen LogP contribution is -2.10. The molecule has 1 N–H and O–H groups in total. The first-order chi connectivity index (χ1) is 10.3. The lowest BCUT2D eigenvalue weighted by molar-refractivity contribution is -0.384. The van der Waals surface area contributed by atoms with E-state index >= 15 is 0 Å². The first kappa shape index (κ1) is 13.8. The highest BCUT2D eigenvalue weighted by atomic mass is 32.1. The maximum Gasteiger partial charge on any atom is 0.292 e. The van der Waals surface area contributed by atoms with Crippen molar-refractivity contribution in [2.75, 3.05) is 5.32 Å². The average molecular weight is 316 g/mol. The molecule has 1 aromatic carbocycles. The minimum absolute atomic E-state index is 0.0638. The van der Waals surface area contributed by atoms with Gasteiger partial charge in [0.05, 0.1) is 11.0 Å². The number of benzene rings is 1. The fourth-order valence-electron chi connectivity index (χ4n) is 2.10. The smallest absolute Gasteiger partial charge is 0.292 e. The van der Waals surface area contributed by atoms with Crippen LogP contribution in [-0.4, -0.2) is 4.92 Å². The van der Waals surface area contributed by atoms with E-state index in [4.69, 9.17) is 0 Å². The van der Waals surface area contributed by atoms with Gasteiger partial charge in [-0.3, -0.25) is 10.1 Å². The molecular weight excluding hydrogens is 304 g/mol. The predicted molar refractivity (Wildman–Crippen MR) is 87.2 cm³/mol. The molecule has 0 aliphatic heterocycles. The van der Waals surface area contributed by atoms with Gasteiger partial charge < -0.3 is 5.32 Å². The minimum Gasteiger partial charge on any atom is -0.367 e. The van der Waals surface area contributed by atoms with Crippen molar-refractivity contribution in [1.82, 2.24) is 0 Å². The Morgan fingerprint density at radius 3 is 2.10 bits per heavy atom. The fraction of sp³-hybridized carbons (Fsp3) is 0.0667. The molecule has 0 saturated carbocycles. The van der Waals surface area contributed by atoms with Gasteiger partial charge in [-0.05, 0) is 29.0 Å². The highest BCUT2D eigenvalue weighted by Crippen LogP contribution is 2.35. The molecule has 2 heterocycles. The Bertz CT molecular complexity index is 690. The van der Waals surface area contributed by atoms with Crippen molar-refractivity contribution < 1.29 is 4.92 Å². The number of nitro groups is 1. The number of nitrogens with zero attached hydrogens (tertiary/aromatic N) is 1. The second-order valence-corrected chi connectivity index (χ2v) is 6.34. The van der Waals surface area contributed by atoms with Gasteiger partial charge in [0.15, 0.2) is 0 Å². The van der Waals surface area contributed by atoms with Crippen LogP contribution in [0.15, 0.2) is 59.3 Å². The highest BCUT2D eigenvalue weighted by molar-refractivity contribution is 7.11. The summed E-state index contributed by atoms with van der Waals surface area (Å²) in [5, 5.41) is 18.5. The van der Waals surface area contributed by atoms with Crippen LogP contribution in [0.25, 0.3) is 0 Å². The SMILES string of the molecule is O=[N+]([O-])c1ccccc1NC(c1cccs1)c1cccs1. The van der Waals surface area contributed by atoms with Crippen molar-refractivity contribution in [3.63, 3.8) is 0 Å². The van der Waals surface area contributed by atoms with E-state index in [2.05, 4.69) is 5.32 Å². The largest absolute Gasteiger partial charge is 0.367 e. The third-order valence-corrected chi connectivity index (χ3v) is 4.93. The third-order valence-electron chi connectivity index (χ3n) is 3.06. The molecule has 2 aromatic heterocycles. The van der Waals surface area contributed by atoms with Crippen molar-refractivity contribution in [2.45, 2.75) is 6.04 Å². The van der Waals surface area contributed by atoms with Crippen molar-refractivity contribution in [1.29, 1.82) is 0 Å². The quantitative estimate of drug-likeness (QED) is 0.537. The van der Waals surface area contributed by atoms with Crippen molar-refractivity contribution in [3.8, 4) is 0 Å². The molecule has 0 aliphatic rings. The molecule has 106 valence electrons. The molecule has 0 radical (unpaired) electrons. The van der Waals surface area contributed by atoms with Crippen molar-refractivity contribution >= 4 is 34.0 Å². The van der Waals surface area contributed by atoms with Crippen LogP contribution in [-0.2, 0) is 0 Å². The first-order valence-electron chi connectivity index (χ1n) is 6.32. The molecule has 0 aliphatic carbocycles. The average Bonchev–Trinajstić information content (AvgIpc) is 3.18. The van der Waals surface area contributed by atoms with E-state index in [1.807, 2.05) is 35.0 Å². The summed E-state index contributed by atoms with van der Waals surface area (Å²) in [6.45, 7) is 0. The Kier molecular flexibility index (Phi) is 3.98. The Hall–Kier alpha value is -2.18. The van der Waals surface area contributed by atoms with Gasteiger partial charge in [0.2, 0.25) is 0 Å². The summed E-state index contributed by atoms with van der Waals surface area (Å²) in [5.74, 6) is 0. The summed E-state index contributed by atoms with van der Waals surface area (Å²) in [6.07, 6.45) is 0. The zero-order chi connectivity index (χ0) is 14.7. The fourth-order valence-corrected chi connectivity index (χ4v) is 3.77. The summed E-state index contributed by atoms with van der Waals surface area (Å²) in [6, 6.07) is 14.7. The highest BCUT2D eigenvalue weighted by Gasteiger charge is 2.20. The number of thiophene rings is 2. The molecule has 0 unspecified atom stereocenters. The van der Waals surface area contributed by atoms with Gasteiger partial charge in [-0.25, -0.2) is 0 Å². The molecule has 0 atom stereocenters. The lowest BCUT2D eigenvalue weighted by Gasteiger charge is -2.17. The Morgan fingerprint density at radius 2 is 1.57 bits per heavy atom. The third kappa shape index (κ3) is 2.96. The van der Waals surface area contributed by atoms with Crippen LogP contribution in [0.4, 0.5) is 11.4 Å². The second-order valence-electron chi connectivity index (χ2n) is 4.38. The van der Waals surface area contributed by atoms with E-state index in [0.717, 1.165) is 9.75 Å². The summed E-state index contributed by atoms with van der Waals surface area (Å²) in [7, 11) is 0. The zero-order valence-corrected chi connectivity index (χ0v) is 12.6. The molecule has 21 heavy (non-hydrogen) atoms. The van der Waals surface area contributed by atoms with Gasteiger partial charge in [0.1, 0.15) is 5.69 Å². The number of nitrogens with one attached hydrogen (secondary N) is 1. The van der Waals surface area contributed by atoms with Crippen LogP contribution in [0.1, 0.15) is 15.8 Å². The molecule has 3 rings (SSSR count). The number of hydrogen-bond donors (Lipinski definition) is 1. The predicted octanol–water partition coefficient (Wildman–Crippen LogP) is 4.92. The maximum absolute atomic E-state index is 11.1. The van der Waals surface area contributed by atoms with E-state index in [9.17, 15) is 10.1 Å². The molecule has 0 spiro atoms. The van der Waals surface area contributed by atoms with Gasteiger partial charge >= 0.3 is 0 Å². The normalized spacial score (nSPS) is 10.7. The Labute approximate surface area is 129 Å². The van der Waals surface area contributed by atoms with Gasteiger partial charge in [-0.1, -0.05) is 24.3 Å². The second kappa shape index (κ2) is 6.07. The molecule has 4 nitrogen and oxygen atoms in total. The van der Waals surface area contributed by atoms with Crippen LogP contribution in [0.5, 0.6) is 0 Å². The topological polar surface area (TPSA) is 55.2 Å². The number of hydrogen-bond acceptors (Lipinski definition) is 5. The molecule has 3 aromatic rings. The van der Waals surface area contributed by atoms with E-state index < -0.39 is 0 Å². The molecule has 0 fully saturated rings. The van der Waals surface area contributed by atoms with Gasteiger partial charge in [-0.15, -0.1) is 22.7 Å². The zero-order valence-electron chi connectivity index (χ0n) is 10.9. The summed E-state index contributed by atoms with van der Waals surface area (Å²) >= 11 is 3.27. The van der Waals surface area contributed by atoms with E-state index in [-0.39, 0.29) is 16.7 Å². The maximum atomic E-state index is 11.1.